The highest BCUT2D eigenvalue weighted by Gasteiger charge is 2.20. The number of hydrogen-bond acceptors (Lipinski definition) is 4. The Kier molecular flexibility index (Phi) is 6.35. The second-order valence-corrected chi connectivity index (χ2v) is 8.47. The molecule has 30 heavy (non-hydrogen) atoms. The van der Waals surface area contributed by atoms with Crippen LogP contribution in [0.15, 0.2) is 42.5 Å². The average Bonchev–Trinajstić information content (AvgIpc) is 2.80. The van der Waals surface area contributed by atoms with Crippen LogP contribution in [0.1, 0.15) is 72.3 Å². The number of anilines is 2. The maximum absolute atomic E-state index is 12.7. The van der Waals surface area contributed by atoms with E-state index in [9.17, 15) is 15.2 Å². The fourth-order valence-corrected chi connectivity index (χ4v) is 4.63. The van der Waals surface area contributed by atoms with Gasteiger partial charge in [0.15, 0.2) is 0 Å². The summed E-state index contributed by atoms with van der Waals surface area (Å²) in [6, 6.07) is 15.7. The van der Waals surface area contributed by atoms with E-state index in [0.717, 1.165) is 18.8 Å². The lowest BCUT2D eigenvalue weighted by Crippen LogP contribution is -2.36. The standard InChI is InChI=1S/C25H29N3O2/c26-17-21-16-22(10-11-24(21)28-14-12-23(29)13-15-28)27-25(30)20-8-6-19(7-9-20)18-4-2-1-3-5-18/h6-11,16,18,23,29H,1-5,12-15H2,(H,27,30). The molecule has 4 rings (SSSR count). The summed E-state index contributed by atoms with van der Waals surface area (Å²) in [7, 11) is 0. The van der Waals surface area contributed by atoms with Crippen LogP contribution in [0.5, 0.6) is 0 Å². The molecule has 1 saturated carbocycles. The summed E-state index contributed by atoms with van der Waals surface area (Å²) in [4.78, 5) is 14.8. The van der Waals surface area contributed by atoms with Gasteiger partial charge in [-0.1, -0.05) is 31.4 Å². The van der Waals surface area contributed by atoms with Crippen LogP contribution in [0.25, 0.3) is 0 Å². The first-order chi connectivity index (χ1) is 14.6. The zero-order valence-electron chi connectivity index (χ0n) is 17.3. The molecular weight excluding hydrogens is 374 g/mol. The summed E-state index contributed by atoms with van der Waals surface area (Å²) in [5, 5.41) is 22.2. The van der Waals surface area contributed by atoms with Crippen LogP contribution in [-0.4, -0.2) is 30.2 Å². The molecule has 0 unspecified atom stereocenters. The van der Waals surface area contributed by atoms with E-state index in [-0.39, 0.29) is 12.0 Å². The number of aliphatic hydroxyl groups excluding tert-OH is 1. The Morgan fingerprint density at radius 3 is 2.37 bits per heavy atom. The van der Waals surface area contributed by atoms with Crippen molar-refractivity contribution in [2.75, 3.05) is 23.3 Å². The molecule has 1 heterocycles. The van der Waals surface area contributed by atoms with Crippen LogP contribution in [0.2, 0.25) is 0 Å². The molecule has 2 fully saturated rings. The van der Waals surface area contributed by atoms with Gasteiger partial charge in [0.05, 0.1) is 17.4 Å². The van der Waals surface area contributed by atoms with Gasteiger partial charge in [-0.3, -0.25) is 4.79 Å². The van der Waals surface area contributed by atoms with E-state index >= 15 is 0 Å². The first-order valence-corrected chi connectivity index (χ1v) is 11.0. The Hall–Kier alpha value is -2.84. The van der Waals surface area contributed by atoms with Crippen LogP contribution in [-0.2, 0) is 0 Å². The van der Waals surface area contributed by atoms with Gasteiger partial charge in [0, 0.05) is 24.3 Å². The number of nitrogens with zero attached hydrogens (tertiary/aromatic N) is 2. The number of nitriles is 1. The Bertz CT molecular complexity index is 918. The van der Waals surface area contributed by atoms with Gasteiger partial charge in [0.25, 0.3) is 5.91 Å². The van der Waals surface area contributed by atoms with Gasteiger partial charge in [-0.25, -0.2) is 0 Å². The molecule has 0 spiro atoms. The smallest absolute Gasteiger partial charge is 0.255 e. The van der Waals surface area contributed by atoms with Crippen molar-refractivity contribution in [2.24, 2.45) is 0 Å². The largest absolute Gasteiger partial charge is 0.393 e. The van der Waals surface area contributed by atoms with Crippen molar-refractivity contribution in [2.45, 2.75) is 57.0 Å². The van der Waals surface area contributed by atoms with Gasteiger partial charge < -0.3 is 15.3 Å². The molecular formula is C25H29N3O2. The zero-order chi connectivity index (χ0) is 20.9. The number of carbonyl (C=O) groups is 1. The first-order valence-electron chi connectivity index (χ1n) is 11.0. The summed E-state index contributed by atoms with van der Waals surface area (Å²) in [6.45, 7) is 1.46. The van der Waals surface area contributed by atoms with Crippen molar-refractivity contribution in [3.63, 3.8) is 0 Å². The van der Waals surface area contributed by atoms with Crippen LogP contribution < -0.4 is 10.2 Å². The number of piperidine rings is 1. The number of hydrogen-bond donors (Lipinski definition) is 2. The van der Waals surface area contributed by atoms with Gasteiger partial charge in [-0.2, -0.15) is 5.26 Å². The normalized spacial score (nSPS) is 18.1. The lowest BCUT2D eigenvalue weighted by Gasteiger charge is -2.32. The zero-order valence-corrected chi connectivity index (χ0v) is 17.3. The molecule has 5 nitrogen and oxygen atoms in total. The fourth-order valence-electron chi connectivity index (χ4n) is 4.63. The van der Waals surface area contributed by atoms with E-state index in [1.54, 1.807) is 6.07 Å². The van der Waals surface area contributed by atoms with Crippen LogP contribution in [0, 0.1) is 11.3 Å². The van der Waals surface area contributed by atoms with Crippen molar-refractivity contribution in [3.8, 4) is 6.07 Å². The highest BCUT2D eigenvalue weighted by Crippen LogP contribution is 2.32. The second kappa shape index (κ2) is 9.32. The quantitative estimate of drug-likeness (QED) is 0.767. The van der Waals surface area contributed by atoms with E-state index in [4.69, 9.17) is 0 Å². The SMILES string of the molecule is N#Cc1cc(NC(=O)c2ccc(C3CCCCC3)cc2)ccc1N1CCC(O)CC1. The molecule has 5 heteroatoms. The molecule has 156 valence electrons. The third-order valence-electron chi connectivity index (χ3n) is 6.43. The number of nitrogens with one attached hydrogen (secondary N) is 1. The summed E-state index contributed by atoms with van der Waals surface area (Å²) in [5.74, 6) is 0.459. The molecule has 2 aromatic rings. The third-order valence-corrected chi connectivity index (χ3v) is 6.43. The van der Waals surface area contributed by atoms with Gasteiger partial charge in [-0.15, -0.1) is 0 Å². The topological polar surface area (TPSA) is 76.4 Å². The minimum Gasteiger partial charge on any atom is -0.393 e. The maximum Gasteiger partial charge on any atom is 0.255 e. The molecule has 0 radical (unpaired) electrons. The van der Waals surface area contributed by atoms with Crippen molar-refractivity contribution in [3.05, 3.63) is 59.2 Å². The molecule has 1 aliphatic heterocycles. The van der Waals surface area contributed by atoms with E-state index < -0.39 is 0 Å². The van der Waals surface area contributed by atoms with E-state index in [1.807, 2.05) is 24.3 Å². The summed E-state index contributed by atoms with van der Waals surface area (Å²) >= 11 is 0. The minimum absolute atomic E-state index is 0.164. The van der Waals surface area contributed by atoms with Crippen LogP contribution >= 0.6 is 0 Å². The third kappa shape index (κ3) is 4.66. The highest BCUT2D eigenvalue weighted by atomic mass is 16.3. The molecule has 1 amide bonds. The van der Waals surface area contributed by atoms with Gasteiger partial charge in [-0.05, 0) is 67.5 Å². The highest BCUT2D eigenvalue weighted by molar-refractivity contribution is 6.04. The predicted molar refractivity (Wildman–Crippen MR) is 119 cm³/mol. The molecule has 0 bridgehead atoms. The van der Waals surface area contributed by atoms with Crippen molar-refractivity contribution in [1.82, 2.24) is 0 Å². The summed E-state index contributed by atoms with van der Waals surface area (Å²) < 4.78 is 0. The van der Waals surface area contributed by atoms with Gasteiger partial charge in [0.2, 0.25) is 0 Å². The Morgan fingerprint density at radius 1 is 1.00 bits per heavy atom. The minimum atomic E-state index is -0.255. The summed E-state index contributed by atoms with van der Waals surface area (Å²) in [5.41, 5.74) is 3.97. The molecule has 0 atom stereocenters. The average molecular weight is 404 g/mol. The number of carbonyl (C=O) groups excluding carboxylic acids is 1. The number of rotatable bonds is 4. The molecule has 1 aliphatic carbocycles. The number of benzene rings is 2. The summed E-state index contributed by atoms with van der Waals surface area (Å²) in [6.07, 6.45) is 7.57. The molecule has 2 N–H and O–H groups in total. The van der Waals surface area contributed by atoms with Gasteiger partial charge >= 0.3 is 0 Å². The predicted octanol–water partition coefficient (Wildman–Crippen LogP) is 4.82. The van der Waals surface area contributed by atoms with E-state index in [2.05, 4.69) is 28.4 Å². The fraction of sp³-hybridized carbons (Fsp3) is 0.440. The number of amides is 1. The first kappa shape index (κ1) is 20.4. The molecule has 1 saturated heterocycles. The second-order valence-electron chi connectivity index (χ2n) is 8.47. The van der Waals surface area contributed by atoms with Gasteiger partial charge in [0.1, 0.15) is 6.07 Å². The van der Waals surface area contributed by atoms with Crippen LogP contribution in [0.3, 0.4) is 0 Å². The molecule has 0 aromatic heterocycles. The molecule has 2 aromatic carbocycles. The van der Waals surface area contributed by atoms with E-state index in [1.165, 1.54) is 37.7 Å². The Morgan fingerprint density at radius 2 is 1.70 bits per heavy atom. The molecule has 2 aliphatic rings. The van der Waals surface area contributed by atoms with Crippen molar-refractivity contribution >= 4 is 17.3 Å². The lowest BCUT2D eigenvalue weighted by atomic mass is 9.84. The Labute approximate surface area is 178 Å². The van der Waals surface area contributed by atoms with Crippen molar-refractivity contribution in [1.29, 1.82) is 5.26 Å². The van der Waals surface area contributed by atoms with E-state index in [0.29, 0.717) is 35.6 Å². The Balaban J connectivity index is 1.43. The number of aliphatic hydroxyl groups is 1. The monoisotopic (exact) mass is 403 g/mol. The lowest BCUT2D eigenvalue weighted by molar-refractivity contribution is 0.102. The maximum atomic E-state index is 12.7. The van der Waals surface area contributed by atoms with Crippen LogP contribution in [0.4, 0.5) is 11.4 Å². The van der Waals surface area contributed by atoms with Crippen molar-refractivity contribution < 1.29 is 9.90 Å².